The van der Waals surface area contributed by atoms with E-state index in [1.807, 2.05) is 24.3 Å². The van der Waals surface area contributed by atoms with E-state index in [1.165, 1.54) is 25.9 Å². The minimum Gasteiger partial charge on any atom is -0.399 e. The number of benzene rings is 1. The van der Waals surface area contributed by atoms with E-state index in [4.69, 9.17) is 5.73 Å². The Hall–Kier alpha value is -1.81. The molecule has 4 heteroatoms. The van der Waals surface area contributed by atoms with Gasteiger partial charge in [-0.1, -0.05) is 0 Å². The van der Waals surface area contributed by atoms with Gasteiger partial charge in [-0.25, -0.2) is 4.98 Å². The van der Waals surface area contributed by atoms with Crippen molar-refractivity contribution >= 4 is 22.4 Å². The van der Waals surface area contributed by atoms with Crippen molar-refractivity contribution in [2.24, 2.45) is 0 Å². The van der Waals surface area contributed by atoms with Crippen molar-refractivity contribution in [1.82, 2.24) is 9.88 Å². The average molecular weight is 256 g/mol. The molecule has 2 heterocycles. The first-order valence-electron chi connectivity index (χ1n) is 6.94. The number of nitrogens with two attached hydrogens (primary N) is 1. The summed E-state index contributed by atoms with van der Waals surface area (Å²) in [5, 5.41) is 4.48. The first-order chi connectivity index (χ1) is 9.31. The zero-order valence-electron chi connectivity index (χ0n) is 11.1. The van der Waals surface area contributed by atoms with Gasteiger partial charge in [0.1, 0.15) is 5.82 Å². The Balaban J connectivity index is 1.62. The van der Waals surface area contributed by atoms with Crippen molar-refractivity contribution in [1.29, 1.82) is 0 Å². The highest BCUT2D eigenvalue weighted by atomic mass is 15.2. The van der Waals surface area contributed by atoms with Crippen LogP contribution in [-0.2, 0) is 0 Å². The van der Waals surface area contributed by atoms with Gasteiger partial charge in [-0.15, -0.1) is 0 Å². The van der Waals surface area contributed by atoms with Gasteiger partial charge < -0.3 is 16.0 Å². The van der Waals surface area contributed by atoms with Crippen LogP contribution in [0.15, 0.2) is 30.3 Å². The van der Waals surface area contributed by atoms with Gasteiger partial charge in [-0.3, -0.25) is 0 Å². The van der Waals surface area contributed by atoms with Gasteiger partial charge in [0, 0.05) is 24.2 Å². The summed E-state index contributed by atoms with van der Waals surface area (Å²) in [6.45, 7) is 4.53. The van der Waals surface area contributed by atoms with Crippen LogP contribution in [-0.4, -0.2) is 36.1 Å². The minimum absolute atomic E-state index is 0.782. The maximum atomic E-state index is 5.76. The topological polar surface area (TPSA) is 54.2 Å². The molecule has 19 heavy (non-hydrogen) atoms. The number of rotatable bonds is 4. The highest BCUT2D eigenvalue weighted by molar-refractivity contribution is 5.83. The average Bonchev–Trinajstić information content (AvgIpc) is 2.92. The number of aromatic nitrogens is 1. The summed E-state index contributed by atoms with van der Waals surface area (Å²) in [5.41, 5.74) is 7.53. The molecule has 0 aliphatic carbocycles. The standard InChI is InChI=1S/C15H20N4/c16-13-4-5-14-12(11-13)3-6-15(18-14)17-7-10-19-8-1-2-9-19/h3-6,11H,1-2,7-10,16H2,(H,17,18). The van der Waals surface area contributed by atoms with Gasteiger partial charge in [0.05, 0.1) is 5.52 Å². The summed E-state index contributed by atoms with van der Waals surface area (Å²) in [6, 6.07) is 9.90. The van der Waals surface area contributed by atoms with Crippen molar-refractivity contribution < 1.29 is 0 Å². The number of hydrogen-bond donors (Lipinski definition) is 2. The van der Waals surface area contributed by atoms with Gasteiger partial charge in [0.2, 0.25) is 0 Å². The van der Waals surface area contributed by atoms with E-state index in [1.54, 1.807) is 0 Å². The normalized spacial score (nSPS) is 16.0. The molecule has 3 N–H and O–H groups in total. The van der Waals surface area contributed by atoms with Gasteiger partial charge in [-0.05, 0) is 56.3 Å². The number of nitrogen functional groups attached to an aromatic ring is 1. The third-order valence-electron chi connectivity index (χ3n) is 3.65. The maximum Gasteiger partial charge on any atom is 0.126 e. The lowest BCUT2D eigenvalue weighted by atomic mass is 10.2. The Morgan fingerprint density at radius 3 is 2.84 bits per heavy atom. The van der Waals surface area contributed by atoms with Crippen LogP contribution in [0.1, 0.15) is 12.8 Å². The van der Waals surface area contributed by atoms with Crippen LogP contribution < -0.4 is 11.1 Å². The van der Waals surface area contributed by atoms with E-state index in [2.05, 4.69) is 21.3 Å². The largest absolute Gasteiger partial charge is 0.399 e. The molecular weight excluding hydrogens is 236 g/mol. The van der Waals surface area contributed by atoms with E-state index in [0.717, 1.165) is 35.5 Å². The second-order valence-corrected chi connectivity index (χ2v) is 5.12. The van der Waals surface area contributed by atoms with Gasteiger partial charge in [-0.2, -0.15) is 0 Å². The molecule has 1 fully saturated rings. The fourth-order valence-corrected chi connectivity index (χ4v) is 2.59. The fraction of sp³-hybridized carbons (Fsp3) is 0.400. The van der Waals surface area contributed by atoms with Crippen molar-refractivity contribution in [3.8, 4) is 0 Å². The highest BCUT2D eigenvalue weighted by Crippen LogP contribution is 2.17. The molecule has 2 aromatic rings. The molecule has 0 bridgehead atoms. The maximum absolute atomic E-state index is 5.76. The minimum atomic E-state index is 0.782. The van der Waals surface area contributed by atoms with Crippen molar-refractivity contribution in [2.75, 3.05) is 37.2 Å². The zero-order valence-corrected chi connectivity index (χ0v) is 11.1. The molecule has 0 atom stereocenters. The molecule has 1 aromatic heterocycles. The molecule has 0 amide bonds. The third-order valence-corrected chi connectivity index (χ3v) is 3.65. The van der Waals surface area contributed by atoms with Crippen LogP contribution in [0.25, 0.3) is 10.9 Å². The van der Waals surface area contributed by atoms with E-state index in [0.29, 0.717) is 0 Å². The third kappa shape index (κ3) is 2.96. The number of nitrogens with one attached hydrogen (secondary N) is 1. The molecule has 4 nitrogen and oxygen atoms in total. The number of pyridine rings is 1. The second kappa shape index (κ2) is 5.45. The van der Waals surface area contributed by atoms with Crippen molar-refractivity contribution in [3.63, 3.8) is 0 Å². The van der Waals surface area contributed by atoms with Crippen LogP contribution in [0.5, 0.6) is 0 Å². The molecular formula is C15H20N4. The first-order valence-corrected chi connectivity index (χ1v) is 6.94. The van der Waals surface area contributed by atoms with Crippen molar-refractivity contribution in [2.45, 2.75) is 12.8 Å². The highest BCUT2D eigenvalue weighted by Gasteiger charge is 2.10. The van der Waals surface area contributed by atoms with Crippen LogP contribution in [0.3, 0.4) is 0 Å². The van der Waals surface area contributed by atoms with Gasteiger partial charge >= 0.3 is 0 Å². The molecule has 100 valence electrons. The van der Waals surface area contributed by atoms with Gasteiger partial charge in [0.15, 0.2) is 0 Å². The lowest BCUT2D eigenvalue weighted by molar-refractivity contribution is 0.352. The lowest BCUT2D eigenvalue weighted by Crippen LogP contribution is -2.26. The molecule has 0 saturated carbocycles. The summed E-state index contributed by atoms with van der Waals surface area (Å²) < 4.78 is 0. The van der Waals surface area contributed by atoms with Gasteiger partial charge in [0.25, 0.3) is 0 Å². The molecule has 0 radical (unpaired) electrons. The number of anilines is 2. The van der Waals surface area contributed by atoms with Crippen LogP contribution in [0.2, 0.25) is 0 Å². The monoisotopic (exact) mass is 256 g/mol. The molecule has 0 spiro atoms. The van der Waals surface area contributed by atoms with Crippen molar-refractivity contribution in [3.05, 3.63) is 30.3 Å². The molecule has 1 saturated heterocycles. The molecule has 3 rings (SSSR count). The van der Waals surface area contributed by atoms with E-state index in [9.17, 15) is 0 Å². The van der Waals surface area contributed by atoms with E-state index >= 15 is 0 Å². The summed E-state index contributed by atoms with van der Waals surface area (Å²) in [4.78, 5) is 7.09. The second-order valence-electron chi connectivity index (χ2n) is 5.12. The Labute approximate surface area is 113 Å². The number of nitrogens with zero attached hydrogens (tertiary/aromatic N) is 2. The smallest absolute Gasteiger partial charge is 0.126 e. The Bertz CT molecular complexity index is 561. The summed E-state index contributed by atoms with van der Waals surface area (Å²) in [7, 11) is 0. The predicted molar refractivity (Wildman–Crippen MR) is 80.3 cm³/mol. The number of hydrogen-bond acceptors (Lipinski definition) is 4. The van der Waals surface area contributed by atoms with E-state index < -0.39 is 0 Å². The predicted octanol–water partition coefficient (Wildman–Crippen LogP) is 2.32. The lowest BCUT2D eigenvalue weighted by Gasteiger charge is -2.15. The quantitative estimate of drug-likeness (QED) is 0.824. The Morgan fingerprint density at radius 1 is 1.16 bits per heavy atom. The molecule has 0 unspecified atom stereocenters. The first kappa shape index (κ1) is 12.2. The van der Waals surface area contributed by atoms with Crippen LogP contribution >= 0.6 is 0 Å². The molecule has 1 aromatic carbocycles. The summed E-state index contributed by atoms with van der Waals surface area (Å²) >= 11 is 0. The summed E-state index contributed by atoms with van der Waals surface area (Å²) in [5.74, 6) is 0.941. The Morgan fingerprint density at radius 2 is 2.00 bits per heavy atom. The number of likely N-dealkylation sites (tertiary alicyclic amines) is 1. The Kier molecular flexibility index (Phi) is 3.51. The van der Waals surface area contributed by atoms with E-state index in [-0.39, 0.29) is 0 Å². The zero-order chi connectivity index (χ0) is 13.1. The number of fused-ring (bicyclic) bond motifs is 1. The molecule has 1 aliphatic heterocycles. The molecule has 1 aliphatic rings. The fourth-order valence-electron chi connectivity index (χ4n) is 2.59. The summed E-state index contributed by atoms with van der Waals surface area (Å²) in [6.07, 6.45) is 2.69. The SMILES string of the molecule is Nc1ccc2nc(NCCN3CCCC3)ccc2c1. The van der Waals surface area contributed by atoms with Crippen LogP contribution in [0.4, 0.5) is 11.5 Å². The van der Waals surface area contributed by atoms with Crippen LogP contribution in [0, 0.1) is 0 Å².